The molecule has 0 bridgehead atoms. The van der Waals surface area contributed by atoms with Gasteiger partial charge in [0.25, 0.3) is 15.9 Å². The van der Waals surface area contributed by atoms with Crippen molar-refractivity contribution >= 4 is 21.6 Å². The van der Waals surface area contributed by atoms with E-state index in [0.717, 1.165) is 43.6 Å². The zero-order valence-corrected chi connectivity index (χ0v) is 15.9. The highest BCUT2D eigenvalue weighted by atomic mass is 32.2. The molecule has 2 heterocycles. The van der Waals surface area contributed by atoms with Crippen molar-refractivity contribution in [2.75, 3.05) is 17.4 Å². The van der Waals surface area contributed by atoms with Crippen LogP contribution in [0.5, 0.6) is 0 Å². The summed E-state index contributed by atoms with van der Waals surface area (Å²) in [5, 5.41) is 0. The first kappa shape index (κ1) is 18.0. The van der Waals surface area contributed by atoms with Crippen LogP contribution in [0.4, 0.5) is 10.1 Å². The second kappa shape index (κ2) is 6.64. The van der Waals surface area contributed by atoms with E-state index in [1.54, 1.807) is 12.1 Å². The quantitative estimate of drug-likeness (QED) is 0.811. The van der Waals surface area contributed by atoms with Gasteiger partial charge < -0.3 is 4.90 Å². The highest BCUT2D eigenvalue weighted by Crippen LogP contribution is 2.37. The zero-order chi connectivity index (χ0) is 19.2. The molecule has 2 aromatic carbocycles. The number of nitrogens with zero attached hydrogens (tertiary/aromatic N) is 2. The van der Waals surface area contributed by atoms with Gasteiger partial charge >= 0.3 is 0 Å². The van der Waals surface area contributed by atoms with Gasteiger partial charge in [0.15, 0.2) is 0 Å². The molecule has 2 aliphatic rings. The Balaban J connectivity index is 1.68. The molecule has 5 nitrogen and oxygen atoms in total. The number of anilines is 1. The van der Waals surface area contributed by atoms with E-state index in [9.17, 15) is 17.6 Å². The van der Waals surface area contributed by atoms with Crippen molar-refractivity contribution in [3.05, 3.63) is 59.4 Å². The predicted molar refractivity (Wildman–Crippen MR) is 101 cm³/mol. The third kappa shape index (κ3) is 3.10. The molecule has 0 saturated carbocycles. The number of hydrogen-bond donors (Lipinski definition) is 0. The maximum atomic E-state index is 13.2. The van der Waals surface area contributed by atoms with Crippen LogP contribution in [0.15, 0.2) is 47.4 Å². The molecular formula is C20H21FN2O3S. The summed E-state index contributed by atoms with van der Waals surface area (Å²) < 4.78 is 40.7. The third-order valence-corrected chi connectivity index (χ3v) is 7.19. The molecule has 7 heteroatoms. The molecule has 0 aliphatic carbocycles. The van der Waals surface area contributed by atoms with E-state index in [1.165, 1.54) is 16.4 Å². The van der Waals surface area contributed by atoms with Gasteiger partial charge in [-0.05, 0) is 74.2 Å². The average molecular weight is 388 g/mol. The molecule has 0 unspecified atom stereocenters. The number of halogens is 1. The van der Waals surface area contributed by atoms with E-state index in [1.807, 2.05) is 17.9 Å². The molecule has 1 atom stereocenters. The molecule has 0 radical (unpaired) electrons. The van der Waals surface area contributed by atoms with Crippen molar-refractivity contribution in [2.45, 2.75) is 37.1 Å². The molecular weight excluding hydrogens is 367 g/mol. The lowest BCUT2D eigenvalue weighted by Gasteiger charge is -2.24. The van der Waals surface area contributed by atoms with Crippen molar-refractivity contribution in [1.82, 2.24) is 4.90 Å². The number of likely N-dealkylation sites (tertiary alicyclic amines) is 1. The summed E-state index contributed by atoms with van der Waals surface area (Å²) in [6.07, 6.45) is 2.59. The molecule has 0 aromatic heterocycles. The van der Waals surface area contributed by atoms with Gasteiger partial charge in [-0.15, -0.1) is 0 Å². The number of fused-ring (bicyclic) bond motifs is 1. The number of benzene rings is 2. The van der Waals surface area contributed by atoms with Crippen molar-refractivity contribution < 1.29 is 17.6 Å². The molecule has 1 saturated heterocycles. The predicted octanol–water partition coefficient (Wildman–Crippen LogP) is 3.20. The van der Waals surface area contributed by atoms with Crippen molar-refractivity contribution in [2.24, 2.45) is 0 Å². The Hall–Kier alpha value is -2.41. The van der Waals surface area contributed by atoms with Gasteiger partial charge in [-0.25, -0.2) is 12.8 Å². The number of rotatable bonds is 3. The van der Waals surface area contributed by atoms with Crippen LogP contribution < -0.4 is 4.31 Å². The molecule has 2 aliphatic heterocycles. The van der Waals surface area contributed by atoms with Crippen LogP contribution in [0.25, 0.3) is 0 Å². The fraction of sp³-hybridized carbons (Fsp3) is 0.350. The topological polar surface area (TPSA) is 57.7 Å². The lowest BCUT2D eigenvalue weighted by molar-refractivity contribution is 0.0792. The van der Waals surface area contributed by atoms with Gasteiger partial charge in [0.1, 0.15) is 5.82 Å². The lowest BCUT2D eigenvalue weighted by Crippen LogP contribution is -2.35. The fourth-order valence-corrected chi connectivity index (χ4v) is 5.62. The molecule has 27 heavy (non-hydrogen) atoms. The summed E-state index contributed by atoms with van der Waals surface area (Å²) in [6.45, 7) is 3.39. The van der Waals surface area contributed by atoms with Crippen LogP contribution in [0, 0.1) is 5.82 Å². The van der Waals surface area contributed by atoms with Gasteiger partial charge in [0, 0.05) is 24.7 Å². The second-order valence-corrected chi connectivity index (χ2v) is 8.97. The maximum Gasteiger partial charge on any atom is 0.264 e. The first-order chi connectivity index (χ1) is 12.9. The Morgan fingerprint density at radius 2 is 1.74 bits per heavy atom. The Morgan fingerprint density at radius 1 is 1.07 bits per heavy atom. The first-order valence-electron chi connectivity index (χ1n) is 9.10. The molecule has 142 valence electrons. The van der Waals surface area contributed by atoms with E-state index in [2.05, 4.69) is 0 Å². The van der Waals surface area contributed by atoms with E-state index >= 15 is 0 Å². The summed E-state index contributed by atoms with van der Waals surface area (Å²) in [4.78, 5) is 14.5. The number of carbonyl (C=O) groups is 1. The molecule has 0 spiro atoms. The van der Waals surface area contributed by atoms with Crippen LogP contribution in [0.2, 0.25) is 0 Å². The SMILES string of the molecule is C[C@@H]1Cc2cc(C(=O)N3CCCC3)ccc2N1S(=O)(=O)c1ccc(F)cc1. The lowest BCUT2D eigenvalue weighted by atomic mass is 10.1. The number of carbonyl (C=O) groups excluding carboxylic acids is 1. The van der Waals surface area contributed by atoms with Crippen LogP contribution in [-0.4, -0.2) is 38.4 Å². The number of sulfonamides is 1. The zero-order valence-electron chi connectivity index (χ0n) is 15.1. The minimum atomic E-state index is -3.80. The van der Waals surface area contributed by atoms with Crippen molar-refractivity contribution in [1.29, 1.82) is 0 Å². The van der Waals surface area contributed by atoms with E-state index in [-0.39, 0.29) is 16.8 Å². The normalized spacial score (nSPS) is 19.4. The molecule has 2 aromatic rings. The minimum absolute atomic E-state index is 0.00259. The van der Waals surface area contributed by atoms with Crippen molar-refractivity contribution in [3.8, 4) is 0 Å². The van der Waals surface area contributed by atoms with Crippen molar-refractivity contribution in [3.63, 3.8) is 0 Å². The van der Waals surface area contributed by atoms with Gasteiger partial charge in [-0.3, -0.25) is 9.10 Å². The number of hydrogen-bond acceptors (Lipinski definition) is 3. The van der Waals surface area contributed by atoms with Gasteiger partial charge in [-0.2, -0.15) is 0 Å². The van der Waals surface area contributed by atoms with E-state index < -0.39 is 15.8 Å². The summed E-state index contributed by atoms with van der Waals surface area (Å²) in [5.74, 6) is -0.475. The monoisotopic (exact) mass is 388 g/mol. The van der Waals surface area contributed by atoms with Crippen LogP contribution in [0.3, 0.4) is 0 Å². The second-order valence-electron chi connectivity index (χ2n) is 7.15. The number of amides is 1. The molecule has 4 rings (SSSR count). The molecule has 0 N–H and O–H groups in total. The van der Waals surface area contributed by atoms with Crippen LogP contribution >= 0.6 is 0 Å². The summed E-state index contributed by atoms with van der Waals surface area (Å²) >= 11 is 0. The average Bonchev–Trinajstić information content (AvgIpc) is 3.28. The maximum absolute atomic E-state index is 13.2. The summed E-state index contributed by atoms with van der Waals surface area (Å²) in [7, 11) is -3.80. The van der Waals surface area contributed by atoms with Gasteiger partial charge in [0.05, 0.1) is 10.6 Å². The highest BCUT2D eigenvalue weighted by molar-refractivity contribution is 7.92. The summed E-state index contributed by atoms with van der Waals surface area (Å²) in [5.41, 5.74) is 2.03. The van der Waals surface area contributed by atoms with E-state index in [0.29, 0.717) is 17.7 Å². The van der Waals surface area contributed by atoms with Crippen LogP contribution in [0.1, 0.15) is 35.7 Å². The van der Waals surface area contributed by atoms with Crippen LogP contribution in [-0.2, 0) is 16.4 Å². The first-order valence-corrected chi connectivity index (χ1v) is 10.5. The van der Waals surface area contributed by atoms with Gasteiger partial charge in [-0.1, -0.05) is 0 Å². The minimum Gasteiger partial charge on any atom is -0.339 e. The Bertz CT molecular complexity index is 983. The van der Waals surface area contributed by atoms with E-state index in [4.69, 9.17) is 0 Å². The highest BCUT2D eigenvalue weighted by Gasteiger charge is 2.36. The van der Waals surface area contributed by atoms with Gasteiger partial charge in [0.2, 0.25) is 0 Å². The fourth-order valence-electron chi connectivity index (χ4n) is 3.92. The standard InChI is InChI=1S/C20H21FN2O3S/c1-14-12-16-13-15(20(24)22-10-2-3-11-22)4-9-19(16)23(14)27(25,26)18-7-5-17(21)6-8-18/h4-9,13-14H,2-3,10-12H2,1H3/t14-/m1/s1. The Labute approximate surface area is 158 Å². The molecule has 1 fully saturated rings. The largest absolute Gasteiger partial charge is 0.339 e. The third-order valence-electron chi connectivity index (χ3n) is 5.24. The summed E-state index contributed by atoms with van der Waals surface area (Å²) in [6, 6.07) is 9.80. The Kier molecular flexibility index (Phi) is 4.42. The molecule has 1 amide bonds. The smallest absolute Gasteiger partial charge is 0.264 e. The Morgan fingerprint density at radius 3 is 2.41 bits per heavy atom.